The number of nitrogens with one attached hydrogen (secondary N) is 1. The van der Waals surface area contributed by atoms with Gasteiger partial charge < -0.3 is 23.6 Å². The standard InChI is InChI=1S/C29H26FN3O4/c1-16-7-6-8-17(2)28(16)37-25-15-32(3)26(34)13-20(25)22-14-33(4)29(35)27-21(22)12-24(31-27)19-10-9-18(36-5)11-23(19)30/h6-15,31H,1-5H3. The summed E-state index contributed by atoms with van der Waals surface area (Å²) < 4.78 is 29.3. The number of methoxy groups -OCH3 is 1. The molecule has 0 aliphatic carbocycles. The zero-order valence-electron chi connectivity index (χ0n) is 21.2. The van der Waals surface area contributed by atoms with Gasteiger partial charge in [-0.2, -0.15) is 0 Å². The van der Waals surface area contributed by atoms with E-state index in [0.29, 0.717) is 50.5 Å². The summed E-state index contributed by atoms with van der Waals surface area (Å²) in [6.45, 7) is 3.91. The van der Waals surface area contributed by atoms with Crippen LogP contribution in [0, 0.1) is 19.7 Å². The molecule has 0 spiro atoms. The monoisotopic (exact) mass is 499 g/mol. The molecule has 0 fully saturated rings. The van der Waals surface area contributed by atoms with Gasteiger partial charge in [-0.3, -0.25) is 9.59 Å². The summed E-state index contributed by atoms with van der Waals surface area (Å²) in [6.07, 6.45) is 3.30. The first kappa shape index (κ1) is 24.1. The number of H-pyrrole nitrogens is 1. The maximum absolute atomic E-state index is 14.9. The van der Waals surface area contributed by atoms with Gasteiger partial charge in [-0.05, 0) is 43.2 Å². The number of hydrogen-bond acceptors (Lipinski definition) is 4. The van der Waals surface area contributed by atoms with Crippen LogP contribution in [-0.2, 0) is 14.1 Å². The molecule has 0 saturated carbocycles. The molecule has 0 aliphatic rings. The Morgan fingerprint density at radius 2 is 1.59 bits per heavy atom. The molecule has 3 aromatic heterocycles. The highest BCUT2D eigenvalue weighted by Gasteiger charge is 2.20. The van der Waals surface area contributed by atoms with E-state index < -0.39 is 5.82 Å². The van der Waals surface area contributed by atoms with Gasteiger partial charge in [-0.15, -0.1) is 0 Å². The third kappa shape index (κ3) is 4.20. The van der Waals surface area contributed by atoms with E-state index in [0.717, 1.165) is 11.1 Å². The van der Waals surface area contributed by atoms with E-state index >= 15 is 0 Å². The predicted molar refractivity (Wildman–Crippen MR) is 142 cm³/mol. The van der Waals surface area contributed by atoms with Crippen LogP contribution in [0.1, 0.15) is 11.1 Å². The Hall–Kier alpha value is -4.59. The van der Waals surface area contributed by atoms with E-state index in [1.54, 1.807) is 44.7 Å². The zero-order valence-corrected chi connectivity index (χ0v) is 21.2. The second-order valence-electron chi connectivity index (χ2n) is 9.10. The molecule has 5 aromatic rings. The van der Waals surface area contributed by atoms with Crippen molar-refractivity contribution < 1.29 is 13.9 Å². The number of hydrogen-bond donors (Lipinski definition) is 1. The molecule has 0 atom stereocenters. The topological polar surface area (TPSA) is 78.2 Å². The summed E-state index contributed by atoms with van der Waals surface area (Å²) in [6, 6.07) is 13.6. The Morgan fingerprint density at radius 3 is 2.27 bits per heavy atom. The second kappa shape index (κ2) is 9.13. The number of aromatic nitrogens is 3. The maximum atomic E-state index is 14.9. The van der Waals surface area contributed by atoms with Gasteiger partial charge in [-0.1, -0.05) is 18.2 Å². The minimum atomic E-state index is -0.489. The normalized spacial score (nSPS) is 11.2. The Labute approximate surface area is 212 Å². The molecule has 0 aliphatic heterocycles. The van der Waals surface area contributed by atoms with Crippen molar-refractivity contribution in [3.63, 3.8) is 0 Å². The molecule has 0 unspecified atom stereocenters. The molecule has 188 valence electrons. The van der Waals surface area contributed by atoms with Crippen molar-refractivity contribution >= 4 is 10.9 Å². The van der Waals surface area contributed by atoms with Crippen LogP contribution in [0.2, 0.25) is 0 Å². The number of para-hydroxylation sites is 1. The lowest BCUT2D eigenvalue weighted by atomic mass is 10.0. The van der Waals surface area contributed by atoms with Gasteiger partial charge in [0.1, 0.15) is 22.8 Å². The van der Waals surface area contributed by atoms with Crippen molar-refractivity contribution in [3.05, 3.63) is 98.6 Å². The van der Waals surface area contributed by atoms with Crippen molar-refractivity contribution in [2.75, 3.05) is 7.11 Å². The van der Waals surface area contributed by atoms with Crippen LogP contribution in [0.25, 0.3) is 33.3 Å². The maximum Gasteiger partial charge on any atom is 0.274 e. The van der Waals surface area contributed by atoms with Crippen molar-refractivity contribution in [1.82, 2.24) is 14.1 Å². The largest absolute Gasteiger partial charge is 0.497 e. The number of rotatable bonds is 5. The third-order valence-corrected chi connectivity index (χ3v) is 6.53. The molecule has 7 nitrogen and oxygen atoms in total. The van der Waals surface area contributed by atoms with Gasteiger partial charge in [0, 0.05) is 60.2 Å². The van der Waals surface area contributed by atoms with Crippen LogP contribution in [0.15, 0.2) is 70.5 Å². The molecule has 1 N–H and O–H groups in total. The average molecular weight is 500 g/mol. The highest BCUT2D eigenvalue weighted by atomic mass is 19.1. The molecule has 5 rings (SSSR count). The summed E-state index contributed by atoms with van der Waals surface area (Å²) in [4.78, 5) is 28.9. The summed E-state index contributed by atoms with van der Waals surface area (Å²) in [5.74, 6) is 1.05. The molecule has 2 aromatic carbocycles. The molecule has 0 radical (unpaired) electrons. The van der Waals surface area contributed by atoms with Gasteiger partial charge in [-0.25, -0.2) is 4.39 Å². The molecule has 0 saturated heterocycles. The lowest BCUT2D eigenvalue weighted by molar-refractivity contribution is 0.411. The lowest BCUT2D eigenvalue weighted by Crippen LogP contribution is -2.18. The summed E-state index contributed by atoms with van der Waals surface area (Å²) in [5, 5.41) is 0.549. The first-order chi connectivity index (χ1) is 17.7. The fraction of sp³-hybridized carbons (Fsp3) is 0.172. The van der Waals surface area contributed by atoms with Crippen LogP contribution in [-0.4, -0.2) is 21.2 Å². The molecule has 0 amide bonds. The highest BCUT2D eigenvalue weighted by Crippen LogP contribution is 2.39. The minimum absolute atomic E-state index is 0.234. The lowest BCUT2D eigenvalue weighted by Gasteiger charge is -2.17. The Bertz CT molecular complexity index is 1780. The van der Waals surface area contributed by atoms with Crippen molar-refractivity contribution in [3.8, 4) is 39.6 Å². The fourth-order valence-electron chi connectivity index (χ4n) is 4.50. The number of ether oxygens (including phenoxy) is 2. The summed E-state index contributed by atoms with van der Waals surface area (Å²) in [5.41, 5.74) is 3.53. The van der Waals surface area contributed by atoms with Crippen LogP contribution >= 0.6 is 0 Å². The fourth-order valence-corrected chi connectivity index (χ4v) is 4.50. The molecule has 37 heavy (non-hydrogen) atoms. The van der Waals surface area contributed by atoms with E-state index in [1.807, 2.05) is 32.0 Å². The van der Waals surface area contributed by atoms with Crippen LogP contribution < -0.4 is 20.6 Å². The number of pyridine rings is 2. The quantitative estimate of drug-likeness (QED) is 0.349. The van der Waals surface area contributed by atoms with Gasteiger partial charge in [0.05, 0.1) is 13.3 Å². The molecule has 8 heteroatoms. The van der Waals surface area contributed by atoms with Gasteiger partial charge >= 0.3 is 0 Å². The Kier molecular flexibility index (Phi) is 5.95. The second-order valence-corrected chi connectivity index (χ2v) is 9.10. The number of benzene rings is 2. The minimum Gasteiger partial charge on any atom is -0.497 e. The summed E-state index contributed by atoms with van der Waals surface area (Å²) >= 11 is 0. The van der Waals surface area contributed by atoms with Gasteiger partial charge in [0.25, 0.3) is 11.1 Å². The Balaban J connectivity index is 1.76. The first-order valence-electron chi connectivity index (χ1n) is 11.7. The van der Waals surface area contributed by atoms with Gasteiger partial charge in [0.15, 0.2) is 5.75 Å². The SMILES string of the molecule is COc1ccc(-c2cc3c(-c4cc(=O)n(C)cc4Oc4c(C)cccc4C)cn(C)c(=O)c3[nH]2)c(F)c1. The zero-order chi connectivity index (χ0) is 26.4. The number of aryl methyl sites for hydroxylation is 4. The molecular formula is C29H26FN3O4. The van der Waals surface area contributed by atoms with E-state index in [1.165, 1.54) is 28.4 Å². The first-order valence-corrected chi connectivity index (χ1v) is 11.7. The number of nitrogens with zero attached hydrogens (tertiary/aromatic N) is 2. The molecular weight excluding hydrogens is 473 g/mol. The number of fused-ring (bicyclic) bond motifs is 1. The van der Waals surface area contributed by atoms with E-state index in [-0.39, 0.29) is 11.1 Å². The summed E-state index contributed by atoms with van der Waals surface area (Å²) in [7, 11) is 4.75. The molecule has 3 heterocycles. The number of aromatic amines is 1. The average Bonchev–Trinajstić information content (AvgIpc) is 3.31. The number of halogens is 1. The third-order valence-electron chi connectivity index (χ3n) is 6.53. The van der Waals surface area contributed by atoms with E-state index in [2.05, 4.69) is 4.98 Å². The smallest absolute Gasteiger partial charge is 0.274 e. The van der Waals surface area contributed by atoms with Gasteiger partial charge in [0.2, 0.25) is 0 Å². The van der Waals surface area contributed by atoms with Crippen LogP contribution in [0.3, 0.4) is 0 Å². The van der Waals surface area contributed by atoms with E-state index in [4.69, 9.17) is 9.47 Å². The highest BCUT2D eigenvalue weighted by molar-refractivity contribution is 5.98. The Morgan fingerprint density at radius 1 is 0.865 bits per heavy atom. The van der Waals surface area contributed by atoms with Crippen LogP contribution in [0.5, 0.6) is 17.2 Å². The predicted octanol–water partition coefficient (Wildman–Crippen LogP) is 5.46. The van der Waals surface area contributed by atoms with Crippen molar-refractivity contribution in [2.24, 2.45) is 14.1 Å². The van der Waals surface area contributed by atoms with Crippen molar-refractivity contribution in [1.29, 1.82) is 0 Å². The van der Waals surface area contributed by atoms with Crippen LogP contribution in [0.4, 0.5) is 4.39 Å². The molecule has 0 bridgehead atoms. The van der Waals surface area contributed by atoms with Crippen molar-refractivity contribution in [2.45, 2.75) is 13.8 Å². The van der Waals surface area contributed by atoms with E-state index in [9.17, 15) is 14.0 Å².